The Kier molecular flexibility index (Phi) is 5.80. The van der Waals surface area contributed by atoms with Crippen molar-refractivity contribution in [1.82, 2.24) is 5.32 Å². The van der Waals surface area contributed by atoms with Crippen LogP contribution in [0.2, 0.25) is 0 Å². The van der Waals surface area contributed by atoms with Crippen molar-refractivity contribution in [1.29, 1.82) is 5.26 Å². The van der Waals surface area contributed by atoms with E-state index in [1.165, 1.54) is 30.4 Å². The molecule has 4 N–H and O–H groups in total. The fourth-order valence-corrected chi connectivity index (χ4v) is 2.00. The van der Waals surface area contributed by atoms with Crippen LogP contribution in [-0.2, 0) is 11.3 Å². The third-order valence-corrected chi connectivity index (χ3v) is 3.33. The van der Waals surface area contributed by atoms with Gasteiger partial charge in [0, 0.05) is 12.1 Å². The Morgan fingerprint density at radius 2 is 1.84 bits per heavy atom. The molecule has 0 atom stereocenters. The van der Waals surface area contributed by atoms with Crippen molar-refractivity contribution in [2.45, 2.75) is 6.54 Å². The minimum Gasteiger partial charge on any atom is -0.507 e. The van der Waals surface area contributed by atoms with Gasteiger partial charge in [-0.1, -0.05) is 36.4 Å². The molecule has 0 aliphatic carbocycles. The van der Waals surface area contributed by atoms with Gasteiger partial charge < -0.3 is 20.6 Å². The summed E-state index contributed by atoms with van der Waals surface area (Å²) < 4.78 is 0. The standard InChI is InChI=1S/C19H16N2O4/c20-11-15(6-3-5-14-4-1-2-7-16(14)22)19(25)21-12-13-8-9-17(23)18(24)10-13/h1-10,22-24H,12H2,(H,21,25)/b5-3+,15-6+. The summed E-state index contributed by atoms with van der Waals surface area (Å²) in [6.45, 7) is 0.0921. The average molecular weight is 336 g/mol. The average Bonchev–Trinajstić information content (AvgIpc) is 2.61. The summed E-state index contributed by atoms with van der Waals surface area (Å²) >= 11 is 0. The molecule has 0 aromatic heterocycles. The van der Waals surface area contributed by atoms with E-state index in [4.69, 9.17) is 5.26 Å². The van der Waals surface area contributed by atoms with Crippen LogP contribution in [-0.4, -0.2) is 21.2 Å². The van der Waals surface area contributed by atoms with Gasteiger partial charge in [0.1, 0.15) is 17.4 Å². The number of carbonyl (C=O) groups is 1. The highest BCUT2D eigenvalue weighted by Gasteiger charge is 2.08. The van der Waals surface area contributed by atoms with Crippen molar-refractivity contribution in [3.63, 3.8) is 0 Å². The first kappa shape index (κ1) is 17.6. The molecule has 0 radical (unpaired) electrons. The largest absolute Gasteiger partial charge is 0.507 e. The molecular weight excluding hydrogens is 320 g/mol. The predicted octanol–water partition coefficient (Wildman–Crippen LogP) is 2.58. The minimum atomic E-state index is -0.572. The molecule has 1 amide bonds. The summed E-state index contributed by atoms with van der Waals surface area (Å²) in [5.74, 6) is -1.00. The number of nitrogens with zero attached hydrogens (tertiary/aromatic N) is 1. The first-order chi connectivity index (χ1) is 12.0. The van der Waals surface area contributed by atoms with Gasteiger partial charge in [-0.15, -0.1) is 0 Å². The Bertz CT molecular complexity index is 879. The van der Waals surface area contributed by atoms with Gasteiger partial charge in [0.25, 0.3) is 5.91 Å². The molecule has 2 aromatic carbocycles. The maximum Gasteiger partial charge on any atom is 0.262 e. The van der Waals surface area contributed by atoms with Crippen molar-refractivity contribution in [3.05, 3.63) is 71.3 Å². The van der Waals surface area contributed by atoms with Gasteiger partial charge in [0.15, 0.2) is 11.5 Å². The molecule has 25 heavy (non-hydrogen) atoms. The van der Waals surface area contributed by atoms with Gasteiger partial charge in [0.05, 0.1) is 0 Å². The van der Waals surface area contributed by atoms with Gasteiger partial charge in [0.2, 0.25) is 0 Å². The molecule has 0 unspecified atom stereocenters. The highest BCUT2D eigenvalue weighted by molar-refractivity contribution is 5.97. The molecule has 0 heterocycles. The summed E-state index contributed by atoms with van der Waals surface area (Å²) in [4.78, 5) is 12.0. The smallest absolute Gasteiger partial charge is 0.262 e. The van der Waals surface area contributed by atoms with E-state index in [2.05, 4.69) is 5.32 Å². The van der Waals surface area contributed by atoms with Gasteiger partial charge >= 0.3 is 0 Å². The van der Waals surface area contributed by atoms with Crippen LogP contribution in [0.15, 0.2) is 60.2 Å². The number of nitriles is 1. The zero-order valence-electron chi connectivity index (χ0n) is 13.2. The third kappa shape index (κ3) is 4.88. The number of aromatic hydroxyl groups is 3. The molecule has 2 rings (SSSR count). The fraction of sp³-hybridized carbons (Fsp3) is 0.0526. The van der Waals surface area contributed by atoms with Crippen molar-refractivity contribution in [3.8, 4) is 23.3 Å². The van der Waals surface area contributed by atoms with Crippen LogP contribution in [0.3, 0.4) is 0 Å². The second kappa shape index (κ2) is 8.22. The van der Waals surface area contributed by atoms with Crippen molar-refractivity contribution < 1.29 is 20.1 Å². The van der Waals surface area contributed by atoms with E-state index in [1.54, 1.807) is 36.4 Å². The molecule has 0 fully saturated rings. The number of nitrogens with one attached hydrogen (secondary N) is 1. The summed E-state index contributed by atoms with van der Waals surface area (Å²) in [7, 11) is 0. The summed E-state index contributed by atoms with van der Waals surface area (Å²) in [6.07, 6.45) is 4.42. The van der Waals surface area contributed by atoms with E-state index >= 15 is 0 Å². The van der Waals surface area contributed by atoms with E-state index in [1.807, 2.05) is 0 Å². The molecule has 2 aromatic rings. The van der Waals surface area contributed by atoms with Crippen molar-refractivity contribution in [2.24, 2.45) is 0 Å². The van der Waals surface area contributed by atoms with Crippen LogP contribution in [0, 0.1) is 11.3 Å². The predicted molar refractivity (Wildman–Crippen MR) is 92.5 cm³/mol. The molecule has 0 bridgehead atoms. The summed E-state index contributed by atoms with van der Waals surface area (Å²) in [6, 6.07) is 12.7. The number of hydrogen-bond acceptors (Lipinski definition) is 5. The number of para-hydroxylation sites is 1. The number of allylic oxidation sites excluding steroid dienone is 2. The Labute approximate surface area is 144 Å². The lowest BCUT2D eigenvalue weighted by atomic mass is 10.1. The van der Waals surface area contributed by atoms with E-state index in [9.17, 15) is 20.1 Å². The third-order valence-electron chi connectivity index (χ3n) is 3.33. The fourth-order valence-electron chi connectivity index (χ4n) is 2.00. The number of amides is 1. The van der Waals surface area contributed by atoms with Crippen LogP contribution in [0.1, 0.15) is 11.1 Å². The maximum atomic E-state index is 12.0. The Morgan fingerprint density at radius 1 is 1.08 bits per heavy atom. The van der Waals surface area contributed by atoms with Gasteiger partial charge in [-0.3, -0.25) is 4.79 Å². The second-order valence-electron chi connectivity index (χ2n) is 5.12. The quantitative estimate of drug-likeness (QED) is 0.290. The number of hydrogen-bond donors (Lipinski definition) is 4. The lowest BCUT2D eigenvalue weighted by Gasteiger charge is -2.05. The van der Waals surface area contributed by atoms with Crippen molar-refractivity contribution in [2.75, 3.05) is 0 Å². The number of phenolic OH excluding ortho intramolecular Hbond substituents is 3. The molecule has 0 spiro atoms. The van der Waals surface area contributed by atoms with E-state index in [0.717, 1.165) is 0 Å². The monoisotopic (exact) mass is 336 g/mol. The van der Waals surface area contributed by atoms with Gasteiger partial charge in [-0.05, 0) is 29.8 Å². The van der Waals surface area contributed by atoms with E-state index in [0.29, 0.717) is 11.1 Å². The highest BCUT2D eigenvalue weighted by atomic mass is 16.3. The number of carbonyl (C=O) groups excluding carboxylic acids is 1. The Hall–Kier alpha value is -3.72. The lowest BCUT2D eigenvalue weighted by Crippen LogP contribution is -2.23. The highest BCUT2D eigenvalue weighted by Crippen LogP contribution is 2.24. The maximum absolute atomic E-state index is 12.0. The molecule has 6 nitrogen and oxygen atoms in total. The Morgan fingerprint density at radius 3 is 2.52 bits per heavy atom. The van der Waals surface area contributed by atoms with E-state index in [-0.39, 0.29) is 29.4 Å². The molecule has 0 saturated heterocycles. The molecule has 0 aliphatic rings. The van der Waals surface area contributed by atoms with E-state index < -0.39 is 5.91 Å². The number of phenols is 3. The first-order valence-corrected chi connectivity index (χ1v) is 7.37. The normalized spacial score (nSPS) is 11.2. The molecule has 126 valence electrons. The van der Waals surface area contributed by atoms with Gasteiger partial charge in [-0.25, -0.2) is 0 Å². The zero-order valence-corrected chi connectivity index (χ0v) is 13.2. The SMILES string of the molecule is N#C/C(=C\C=C\c1ccccc1O)C(=O)NCc1ccc(O)c(O)c1. The zero-order chi connectivity index (χ0) is 18.2. The molecule has 0 saturated carbocycles. The molecule has 6 heteroatoms. The molecular formula is C19H16N2O4. The number of rotatable bonds is 5. The summed E-state index contributed by atoms with van der Waals surface area (Å²) in [5, 5.41) is 39.9. The van der Waals surface area contributed by atoms with Gasteiger partial charge in [-0.2, -0.15) is 5.26 Å². The molecule has 0 aliphatic heterocycles. The summed E-state index contributed by atoms with van der Waals surface area (Å²) in [5.41, 5.74) is 1.04. The second-order valence-corrected chi connectivity index (χ2v) is 5.12. The first-order valence-electron chi connectivity index (χ1n) is 7.37. The van der Waals surface area contributed by atoms with Crippen LogP contribution in [0.5, 0.6) is 17.2 Å². The van der Waals surface area contributed by atoms with Crippen LogP contribution in [0.25, 0.3) is 6.08 Å². The van der Waals surface area contributed by atoms with Crippen LogP contribution in [0.4, 0.5) is 0 Å². The van der Waals surface area contributed by atoms with Crippen LogP contribution >= 0.6 is 0 Å². The number of benzene rings is 2. The lowest BCUT2D eigenvalue weighted by molar-refractivity contribution is -0.117. The Balaban J connectivity index is 2.01. The van der Waals surface area contributed by atoms with Crippen LogP contribution < -0.4 is 5.32 Å². The minimum absolute atomic E-state index is 0.0921. The van der Waals surface area contributed by atoms with Crippen molar-refractivity contribution >= 4 is 12.0 Å². The topological polar surface area (TPSA) is 114 Å².